The summed E-state index contributed by atoms with van der Waals surface area (Å²) in [6.45, 7) is 10.3. The second kappa shape index (κ2) is 6.38. The highest BCUT2D eigenvalue weighted by atomic mass is 16.6. The molecule has 0 saturated carbocycles. The van der Waals surface area contributed by atoms with Crippen LogP contribution in [0.25, 0.3) is 0 Å². The molecule has 1 fully saturated rings. The van der Waals surface area contributed by atoms with Gasteiger partial charge in [-0.25, -0.2) is 4.79 Å². The zero-order valence-corrected chi connectivity index (χ0v) is 13.8. The Hall–Kier alpha value is -2.04. The summed E-state index contributed by atoms with van der Waals surface area (Å²) in [5.74, 6) is 0. The van der Waals surface area contributed by atoms with Crippen molar-refractivity contribution < 1.29 is 14.3 Å². The zero-order chi connectivity index (χ0) is 16.3. The molecule has 5 heteroatoms. The monoisotopic (exact) mass is 304 g/mol. The molecule has 1 amide bonds. The molecule has 0 radical (unpaired) electrons. The van der Waals surface area contributed by atoms with Crippen LogP contribution in [0.15, 0.2) is 18.2 Å². The van der Waals surface area contributed by atoms with Gasteiger partial charge in [-0.2, -0.15) is 0 Å². The minimum Gasteiger partial charge on any atom is -0.444 e. The lowest BCUT2D eigenvalue weighted by Crippen LogP contribution is -2.50. The van der Waals surface area contributed by atoms with E-state index in [0.717, 1.165) is 30.6 Å². The van der Waals surface area contributed by atoms with Crippen molar-refractivity contribution in [3.05, 3.63) is 29.3 Å². The van der Waals surface area contributed by atoms with Crippen molar-refractivity contribution in [1.29, 1.82) is 0 Å². The van der Waals surface area contributed by atoms with E-state index in [1.54, 1.807) is 4.90 Å². The lowest BCUT2D eigenvalue weighted by molar-refractivity contribution is 0.0240. The van der Waals surface area contributed by atoms with Gasteiger partial charge in [-0.3, -0.25) is 4.79 Å². The summed E-state index contributed by atoms with van der Waals surface area (Å²) in [5, 5.41) is 0. The van der Waals surface area contributed by atoms with Gasteiger partial charge in [0.1, 0.15) is 11.9 Å². The van der Waals surface area contributed by atoms with Gasteiger partial charge in [-0.15, -0.1) is 0 Å². The Morgan fingerprint density at radius 2 is 1.82 bits per heavy atom. The number of anilines is 1. The molecule has 1 heterocycles. The lowest BCUT2D eigenvalue weighted by atomic mass is 10.1. The fraction of sp³-hybridized carbons (Fsp3) is 0.529. The first-order valence-corrected chi connectivity index (χ1v) is 7.59. The number of carbonyl (C=O) groups is 2. The lowest BCUT2D eigenvalue weighted by Gasteiger charge is -2.37. The maximum atomic E-state index is 12.1. The molecule has 1 aromatic rings. The highest BCUT2D eigenvalue weighted by Gasteiger charge is 2.26. The Balaban J connectivity index is 2.01. The summed E-state index contributed by atoms with van der Waals surface area (Å²) in [6, 6.07) is 5.74. The average molecular weight is 304 g/mol. The van der Waals surface area contributed by atoms with Crippen LogP contribution in [0, 0.1) is 6.92 Å². The third kappa shape index (κ3) is 3.78. The van der Waals surface area contributed by atoms with Gasteiger partial charge in [0, 0.05) is 37.4 Å². The van der Waals surface area contributed by atoms with Gasteiger partial charge in [-0.05, 0) is 39.3 Å². The van der Waals surface area contributed by atoms with Crippen molar-refractivity contribution in [2.75, 3.05) is 31.1 Å². The van der Waals surface area contributed by atoms with E-state index in [-0.39, 0.29) is 6.09 Å². The van der Waals surface area contributed by atoms with E-state index in [0.29, 0.717) is 18.7 Å². The van der Waals surface area contributed by atoms with Crippen LogP contribution in [-0.2, 0) is 4.74 Å². The molecular weight excluding hydrogens is 280 g/mol. The number of aldehydes is 1. The van der Waals surface area contributed by atoms with E-state index >= 15 is 0 Å². The van der Waals surface area contributed by atoms with Crippen LogP contribution in [-0.4, -0.2) is 49.1 Å². The number of hydrogen-bond donors (Lipinski definition) is 0. The van der Waals surface area contributed by atoms with Crippen molar-refractivity contribution in [2.24, 2.45) is 0 Å². The summed E-state index contributed by atoms with van der Waals surface area (Å²) >= 11 is 0. The van der Waals surface area contributed by atoms with Crippen molar-refractivity contribution in [2.45, 2.75) is 33.3 Å². The first kappa shape index (κ1) is 16.3. The maximum Gasteiger partial charge on any atom is 0.410 e. The van der Waals surface area contributed by atoms with Crippen LogP contribution in [0.2, 0.25) is 0 Å². The summed E-state index contributed by atoms with van der Waals surface area (Å²) in [5.41, 5.74) is 2.30. The summed E-state index contributed by atoms with van der Waals surface area (Å²) in [4.78, 5) is 27.1. The van der Waals surface area contributed by atoms with Crippen LogP contribution < -0.4 is 4.90 Å². The van der Waals surface area contributed by atoms with Gasteiger partial charge in [0.25, 0.3) is 0 Å². The number of amides is 1. The Morgan fingerprint density at radius 1 is 1.18 bits per heavy atom. The van der Waals surface area contributed by atoms with Crippen molar-refractivity contribution in [1.82, 2.24) is 4.90 Å². The standard InChI is InChI=1S/C17H24N2O3/c1-13-14(12-20)6-5-7-15(13)18-8-10-19(11-9-18)16(21)22-17(2,3)4/h5-7,12H,8-11H2,1-4H3. The van der Waals surface area contributed by atoms with Crippen LogP contribution in [0.3, 0.4) is 0 Å². The fourth-order valence-electron chi connectivity index (χ4n) is 2.57. The number of carbonyl (C=O) groups excluding carboxylic acids is 2. The third-order valence-electron chi connectivity index (χ3n) is 3.75. The van der Waals surface area contributed by atoms with Crippen LogP contribution in [0.1, 0.15) is 36.7 Å². The van der Waals surface area contributed by atoms with Gasteiger partial charge < -0.3 is 14.5 Å². The number of rotatable bonds is 2. The number of benzene rings is 1. The molecule has 5 nitrogen and oxygen atoms in total. The van der Waals surface area contributed by atoms with Gasteiger partial charge in [-0.1, -0.05) is 12.1 Å². The summed E-state index contributed by atoms with van der Waals surface area (Å²) in [6.07, 6.45) is 0.626. The quantitative estimate of drug-likeness (QED) is 0.788. The van der Waals surface area contributed by atoms with E-state index in [1.165, 1.54) is 0 Å². The van der Waals surface area contributed by atoms with Crippen molar-refractivity contribution >= 4 is 18.1 Å². The minimum absolute atomic E-state index is 0.259. The number of hydrogen-bond acceptors (Lipinski definition) is 4. The van der Waals surface area contributed by atoms with Gasteiger partial charge >= 0.3 is 6.09 Å². The Kier molecular flexibility index (Phi) is 4.74. The first-order valence-electron chi connectivity index (χ1n) is 7.59. The predicted molar refractivity (Wildman–Crippen MR) is 86.6 cm³/mol. The van der Waals surface area contributed by atoms with Crippen molar-refractivity contribution in [3.63, 3.8) is 0 Å². The molecule has 1 aromatic carbocycles. The van der Waals surface area contributed by atoms with E-state index in [2.05, 4.69) is 4.90 Å². The predicted octanol–water partition coefficient (Wildman–Crippen LogP) is 2.86. The summed E-state index contributed by atoms with van der Waals surface area (Å²) in [7, 11) is 0. The Labute approximate surface area is 131 Å². The maximum absolute atomic E-state index is 12.1. The molecule has 0 aliphatic carbocycles. The molecule has 0 aromatic heterocycles. The van der Waals surface area contributed by atoms with Crippen molar-refractivity contribution in [3.8, 4) is 0 Å². The van der Waals surface area contributed by atoms with Crippen LogP contribution in [0.5, 0.6) is 0 Å². The van der Waals surface area contributed by atoms with Gasteiger partial charge in [0.15, 0.2) is 0 Å². The molecule has 1 saturated heterocycles. The van der Waals surface area contributed by atoms with Crippen LogP contribution in [0.4, 0.5) is 10.5 Å². The first-order chi connectivity index (χ1) is 10.3. The molecular formula is C17H24N2O3. The molecule has 0 spiro atoms. The molecule has 1 aliphatic rings. The highest BCUT2D eigenvalue weighted by molar-refractivity contribution is 5.80. The van der Waals surface area contributed by atoms with E-state index in [1.807, 2.05) is 45.9 Å². The van der Waals surface area contributed by atoms with E-state index < -0.39 is 5.60 Å². The molecule has 22 heavy (non-hydrogen) atoms. The molecule has 1 aliphatic heterocycles. The zero-order valence-electron chi connectivity index (χ0n) is 13.8. The number of piperazine rings is 1. The number of ether oxygens (including phenoxy) is 1. The largest absolute Gasteiger partial charge is 0.444 e. The SMILES string of the molecule is Cc1c(C=O)cccc1N1CCN(C(=O)OC(C)(C)C)CC1. The van der Waals surface area contributed by atoms with E-state index in [9.17, 15) is 9.59 Å². The average Bonchev–Trinajstić information content (AvgIpc) is 2.46. The Bertz CT molecular complexity index is 556. The molecule has 0 atom stereocenters. The fourth-order valence-corrected chi connectivity index (χ4v) is 2.57. The molecule has 2 rings (SSSR count). The smallest absolute Gasteiger partial charge is 0.410 e. The van der Waals surface area contributed by atoms with Crippen LogP contribution >= 0.6 is 0 Å². The molecule has 120 valence electrons. The molecule has 0 N–H and O–H groups in total. The second-order valence-electron chi connectivity index (χ2n) is 6.56. The normalized spacial score (nSPS) is 15.6. The number of nitrogens with zero attached hydrogens (tertiary/aromatic N) is 2. The Morgan fingerprint density at radius 3 is 2.36 bits per heavy atom. The van der Waals surface area contributed by atoms with Gasteiger partial charge in [0.2, 0.25) is 0 Å². The summed E-state index contributed by atoms with van der Waals surface area (Å²) < 4.78 is 5.40. The highest BCUT2D eigenvalue weighted by Crippen LogP contribution is 2.24. The molecule has 0 bridgehead atoms. The van der Waals surface area contributed by atoms with E-state index in [4.69, 9.17) is 4.74 Å². The minimum atomic E-state index is -0.469. The topological polar surface area (TPSA) is 49.9 Å². The second-order valence-corrected chi connectivity index (χ2v) is 6.56. The third-order valence-corrected chi connectivity index (χ3v) is 3.75. The van der Waals surface area contributed by atoms with Gasteiger partial charge in [0.05, 0.1) is 0 Å². The molecule has 0 unspecified atom stereocenters.